The predicted octanol–water partition coefficient (Wildman–Crippen LogP) is 4.55. The van der Waals surface area contributed by atoms with Crippen molar-refractivity contribution in [2.45, 2.75) is 32.4 Å². The highest BCUT2D eigenvalue weighted by Gasteiger charge is 2.10. The number of carbonyl (C=O) groups excluding carboxylic acids is 1. The molecule has 0 spiro atoms. The van der Waals surface area contributed by atoms with Gasteiger partial charge in [-0.25, -0.2) is 0 Å². The summed E-state index contributed by atoms with van der Waals surface area (Å²) in [6.07, 6.45) is 0. The number of ether oxygens (including phenoxy) is 1. The van der Waals surface area contributed by atoms with E-state index in [0.717, 1.165) is 28.4 Å². The van der Waals surface area contributed by atoms with Gasteiger partial charge in [0.2, 0.25) is 0 Å². The molecule has 0 aliphatic heterocycles. The van der Waals surface area contributed by atoms with E-state index in [0.29, 0.717) is 12.5 Å². The predicted molar refractivity (Wildman–Crippen MR) is 106 cm³/mol. The molecule has 3 nitrogen and oxygen atoms in total. The van der Waals surface area contributed by atoms with E-state index in [-0.39, 0.29) is 12.5 Å². The minimum atomic E-state index is -0.0727. The van der Waals surface area contributed by atoms with Gasteiger partial charge in [0.25, 0.3) is 5.91 Å². The summed E-state index contributed by atoms with van der Waals surface area (Å²) < 4.78 is 5.75. The number of benzene rings is 2. The fourth-order valence-corrected chi connectivity index (χ4v) is 3.28. The fourth-order valence-electron chi connectivity index (χ4n) is 2.46. The maximum atomic E-state index is 12.0. The Morgan fingerprint density at radius 3 is 2.64 bits per heavy atom. The third-order valence-corrected chi connectivity index (χ3v) is 4.86. The number of rotatable bonds is 9. The molecule has 0 fully saturated rings. The summed E-state index contributed by atoms with van der Waals surface area (Å²) in [6, 6.07) is 16.5. The van der Waals surface area contributed by atoms with E-state index in [9.17, 15) is 4.79 Å². The van der Waals surface area contributed by atoms with E-state index < -0.39 is 0 Å². The third-order valence-electron chi connectivity index (χ3n) is 3.83. The average Bonchev–Trinajstić information content (AvgIpc) is 2.60. The quantitative estimate of drug-likeness (QED) is 0.669. The van der Waals surface area contributed by atoms with Crippen molar-refractivity contribution in [1.29, 1.82) is 0 Å². The molecule has 1 amide bonds. The van der Waals surface area contributed by atoms with Gasteiger partial charge >= 0.3 is 0 Å². The molecule has 2 rings (SSSR count). The summed E-state index contributed by atoms with van der Waals surface area (Å²) >= 11 is 1.82. The van der Waals surface area contributed by atoms with Crippen molar-refractivity contribution in [3.05, 3.63) is 65.2 Å². The Balaban J connectivity index is 1.68. The van der Waals surface area contributed by atoms with Crippen LogP contribution in [-0.2, 0) is 10.5 Å². The van der Waals surface area contributed by atoms with Gasteiger partial charge in [-0.05, 0) is 35.6 Å². The zero-order valence-electron chi connectivity index (χ0n) is 15.2. The number of carbonyl (C=O) groups is 1. The molecule has 2 aromatic rings. The molecule has 0 radical (unpaired) electrons. The molecule has 0 aliphatic carbocycles. The van der Waals surface area contributed by atoms with E-state index in [2.05, 4.69) is 43.4 Å². The van der Waals surface area contributed by atoms with Crippen molar-refractivity contribution in [2.24, 2.45) is 0 Å². The second kappa shape index (κ2) is 10.1. The van der Waals surface area contributed by atoms with Crippen LogP contribution in [0.2, 0.25) is 0 Å². The Morgan fingerprint density at radius 1 is 1.16 bits per heavy atom. The summed E-state index contributed by atoms with van der Waals surface area (Å²) in [7, 11) is 0. The Labute approximate surface area is 155 Å². The number of nitrogens with one attached hydrogen (secondary N) is 1. The van der Waals surface area contributed by atoms with Gasteiger partial charge in [-0.3, -0.25) is 4.79 Å². The third kappa shape index (κ3) is 6.83. The van der Waals surface area contributed by atoms with Crippen molar-refractivity contribution >= 4 is 17.7 Å². The maximum absolute atomic E-state index is 12.0. The zero-order chi connectivity index (χ0) is 18.1. The lowest BCUT2D eigenvalue weighted by Crippen LogP contribution is -2.30. The first-order valence-electron chi connectivity index (χ1n) is 8.68. The van der Waals surface area contributed by atoms with Gasteiger partial charge in [-0.1, -0.05) is 56.3 Å². The van der Waals surface area contributed by atoms with E-state index in [4.69, 9.17) is 4.74 Å². The van der Waals surface area contributed by atoms with Crippen LogP contribution in [0.5, 0.6) is 5.75 Å². The Kier molecular flexibility index (Phi) is 7.86. The molecule has 2 aromatic carbocycles. The molecule has 0 aromatic heterocycles. The molecule has 0 saturated heterocycles. The van der Waals surface area contributed by atoms with Crippen LogP contribution in [0.4, 0.5) is 0 Å². The van der Waals surface area contributed by atoms with Gasteiger partial charge < -0.3 is 10.1 Å². The van der Waals surface area contributed by atoms with Crippen molar-refractivity contribution in [1.82, 2.24) is 5.32 Å². The smallest absolute Gasteiger partial charge is 0.257 e. The zero-order valence-corrected chi connectivity index (χ0v) is 16.1. The van der Waals surface area contributed by atoms with Crippen LogP contribution in [0, 0.1) is 6.92 Å². The van der Waals surface area contributed by atoms with Gasteiger partial charge in [0, 0.05) is 18.1 Å². The molecular weight excluding hydrogens is 330 g/mol. The van der Waals surface area contributed by atoms with Crippen molar-refractivity contribution in [3.63, 3.8) is 0 Å². The molecule has 4 heteroatoms. The van der Waals surface area contributed by atoms with Crippen LogP contribution in [-0.4, -0.2) is 24.8 Å². The number of hydrogen-bond acceptors (Lipinski definition) is 3. The first kappa shape index (κ1) is 19.4. The van der Waals surface area contributed by atoms with Gasteiger partial charge in [0.1, 0.15) is 5.75 Å². The first-order chi connectivity index (χ1) is 12.1. The highest BCUT2D eigenvalue weighted by atomic mass is 32.2. The summed E-state index contributed by atoms with van der Waals surface area (Å²) in [6.45, 7) is 7.00. The largest absolute Gasteiger partial charge is 0.483 e. The molecule has 0 atom stereocenters. The molecule has 0 aliphatic rings. The molecule has 0 saturated carbocycles. The monoisotopic (exact) mass is 357 g/mol. The molecule has 1 N–H and O–H groups in total. The van der Waals surface area contributed by atoms with Gasteiger partial charge in [-0.15, -0.1) is 0 Å². The van der Waals surface area contributed by atoms with Gasteiger partial charge in [0.05, 0.1) is 0 Å². The number of hydrogen-bond donors (Lipinski definition) is 1. The van der Waals surface area contributed by atoms with Crippen molar-refractivity contribution < 1.29 is 9.53 Å². The van der Waals surface area contributed by atoms with Gasteiger partial charge in [-0.2, -0.15) is 11.8 Å². The molecule has 134 valence electrons. The summed E-state index contributed by atoms with van der Waals surface area (Å²) in [5.41, 5.74) is 3.58. The van der Waals surface area contributed by atoms with Crippen molar-refractivity contribution in [3.8, 4) is 5.75 Å². The van der Waals surface area contributed by atoms with Crippen LogP contribution >= 0.6 is 11.8 Å². The second-order valence-electron chi connectivity index (χ2n) is 6.37. The Morgan fingerprint density at radius 2 is 1.92 bits per heavy atom. The molecule has 0 bridgehead atoms. The minimum absolute atomic E-state index is 0.0620. The topological polar surface area (TPSA) is 38.3 Å². The SMILES string of the molecule is Cc1ccc(C(C)C)c(OCC(=O)NCCSCc2ccccc2)c1. The lowest BCUT2D eigenvalue weighted by atomic mass is 10.0. The Hall–Kier alpha value is -1.94. The minimum Gasteiger partial charge on any atom is -0.483 e. The number of aryl methyl sites for hydroxylation is 1. The summed E-state index contributed by atoms with van der Waals surface area (Å²) in [4.78, 5) is 12.0. The molecule has 0 unspecified atom stereocenters. The number of thioether (sulfide) groups is 1. The van der Waals surface area contributed by atoms with Gasteiger partial charge in [0.15, 0.2) is 6.61 Å². The van der Waals surface area contributed by atoms with Crippen LogP contribution in [0.15, 0.2) is 48.5 Å². The van der Waals surface area contributed by atoms with Crippen LogP contribution in [0.1, 0.15) is 36.5 Å². The molecule has 25 heavy (non-hydrogen) atoms. The molecular formula is C21H27NO2S. The van der Waals surface area contributed by atoms with E-state index in [1.165, 1.54) is 5.56 Å². The maximum Gasteiger partial charge on any atom is 0.257 e. The number of amides is 1. The van der Waals surface area contributed by atoms with Crippen LogP contribution in [0.3, 0.4) is 0 Å². The molecule has 0 heterocycles. The van der Waals surface area contributed by atoms with Crippen LogP contribution < -0.4 is 10.1 Å². The fraction of sp³-hybridized carbons (Fsp3) is 0.381. The van der Waals surface area contributed by atoms with E-state index >= 15 is 0 Å². The summed E-state index contributed by atoms with van der Waals surface area (Å²) in [5.74, 6) is 2.96. The Bertz CT molecular complexity index is 671. The highest BCUT2D eigenvalue weighted by Crippen LogP contribution is 2.27. The first-order valence-corrected chi connectivity index (χ1v) is 9.83. The lowest BCUT2D eigenvalue weighted by Gasteiger charge is -2.14. The average molecular weight is 358 g/mol. The van der Waals surface area contributed by atoms with Crippen molar-refractivity contribution in [2.75, 3.05) is 18.9 Å². The second-order valence-corrected chi connectivity index (χ2v) is 7.48. The normalized spacial score (nSPS) is 10.7. The lowest BCUT2D eigenvalue weighted by molar-refractivity contribution is -0.122. The van der Waals surface area contributed by atoms with E-state index in [1.54, 1.807) is 0 Å². The standard InChI is InChI=1S/C21H27NO2S/c1-16(2)19-10-9-17(3)13-20(19)24-14-21(23)22-11-12-25-15-18-7-5-4-6-8-18/h4-10,13,16H,11-12,14-15H2,1-3H3,(H,22,23). The summed E-state index contributed by atoms with van der Waals surface area (Å²) in [5, 5.41) is 2.92. The van der Waals surface area contributed by atoms with Crippen LogP contribution in [0.25, 0.3) is 0 Å². The van der Waals surface area contributed by atoms with E-state index in [1.807, 2.05) is 43.0 Å². The highest BCUT2D eigenvalue weighted by molar-refractivity contribution is 7.98.